The maximum atomic E-state index is 12.0. The van der Waals surface area contributed by atoms with Gasteiger partial charge in [0.15, 0.2) is 11.5 Å². The van der Waals surface area contributed by atoms with Crippen molar-refractivity contribution in [2.45, 2.75) is 0 Å². The van der Waals surface area contributed by atoms with Crippen LogP contribution in [0.25, 0.3) is 0 Å². The molecule has 2 rings (SSSR count). The van der Waals surface area contributed by atoms with Crippen LogP contribution in [0.4, 0.5) is 0 Å². The normalized spacial score (nSPS) is 10.5. The molecule has 0 heterocycles. The summed E-state index contributed by atoms with van der Waals surface area (Å²) in [5.41, 5.74) is 2.93. The first kappa shape index (κ1) is 18.5. The number of hydrazone groups is 1. The molecule has 0 aliphatic heterocycles. The standard InChI is InChI=1S/C17H15BrN2O5/c1-24-13-8-5-11(14(17(22)23)15(13)25-2)9-19-20-16(21)10-3-6-12(18)7-4-10/h3-9H,1-2H3,(H,20,21)(H,22,23). The summed E-state index contributed by atoms with van der Waals surface area (Å²) in [6.45, 7) is 0. The lowest BCUT2D eigenvalue weighted by Crippen LogP contribution is -2.17. The van der Waals surface area contributed by atoms with Crippen LogP contribution in [0.1, 0.15) is 26.3 Å². The van der Waals surface area contributed by atoms with Crippen molar-refractivity contribution in [2.24, 2.45) is 5.10 Å². The third-order valence-corrected chi connectivity index (χ3v) is 3.80. The lowest BCUT2D eigenvalue weighted by molar-refractivity contribution is 0.0692. The van der Waals surface area contributed by atoms with E-state index < -0.39 is 11.9 Å². The van der Waals surface area contributed by atoms with Gasteiger partial charge in [-0.3, -0.25) is 4.79 Å². The first-order valence-electron chi connectivity index (χ1n) is 7.05. The van der Waals surface area contributed by atoms with Crippen molar-refractivity contribution < 1.29 is 24.2 Å². The molecule has 0 fully saturated rings. The van der Waals surface area contributed by atoms with Crippen molar-refractivity contribution in [3.05, 3.63) is 57.6 Å². The Morgan fingerprint density at radius 1 is 1.12 bits per heavy atom. The SMILES string of the molecule is COc1ccc(C=NNC(=O)c2ccc(Br)cc2)c(C(=O)O)c1OC. The molecule has 0 aromatic heterocycles. The molecule has 0 spiro atoms. The van der Waals surface area contributed by atoms with E-state index in [1.54, 1.807) is 30.3 Å². The summed E-state index contributed by atoms with van der Waals surface area (Å²) in [6, 6.07) is 9.80. The molecule has 8 heteroatoms. The molecule has 1 amide bonds. The summed E-state index contributed by atoms with van der Waals surface area (Å²) < 4.78 is 11.1. The number of carbonyl (C=O) groups excluding carboxylic acids is 1. The first-order chi connectivity index (χ1) is 12.0. The van der Waals surface area contributed by atoms with E-state index >= 15 is 0 Å². The van der Waals surface area contributed by atoms with Crippen LogP contribution in [-0.2, 0) is 0 Å². The molecular formula is C17H15BrN2O5. The zero-order valence-corrected chi connectivity index (χ0v) is 15.0. The van der Waals surface area contributed by atoms with Crippen LogP contribution in [-0.4, -0.2) is 37.4 Å². The molecule has 130 valence electrons. The Hall–Kier alpha value is -2.87. The zero-order valence-electron chi connectivity index (χ0n) is 13.4. The smallest absolute Gasteiger partial charge is 0.340 e. The molecule has 0 aliphatic rings. The summed E-state index contributed by atoms with van der Waals surface area (Å²) >= 11 is 3.29. The number of halogens is 1. The van der Waals surface area contributed by atoms with Crippen LogP contribution in [0.15, 0.2) is 46.0 Å². The maximum absolute atomic E-state index is 12.0. The number of carboxylic acids is 1. The van der Waals surface area contributed by atoms with Crippen LogP contribution >= 0.6 is 15.9 Å². The van der Waals surface area contributed by atoms with Gasteiger partial charge in [-0.2, -0.15) is 5.10 Å². The Morgan fingerprint density at radius 2 is 1.80 bits per heavy atom. The number of rotatable bonds is 6. The van der Waals surface area contributed by atoms with E-state index in [1.165, 1.54) is 26.5 Å². The first-order valence-corrected chi connectivity index (χ1v) is 7.84. The second-order valence-corrected chi connectivity index (χ2v) is 5.69. The van der Waals surface area contributed by atoms with Crippen LogP contribution in [0.3, 0.4) is 0 Å². The monoisotopic (exact) mass is 406 g/mol. The van der Waals surface area contributed by atoms with Crippen LogP contribution in [0.5, 0.6) is 11.5 Å². The Balaban J connectivity index is 2.24. The van der Waals surface area contributed by atoms with Gasteiger partial charge in [0.1, 0.15) is 5.56 Å². The highest BCUT2D eigenvalue weighted by Crippen LogP contribution is 2.32. The number of hydrogen-bond donors (Lipinski definition) is 2. The number of ether oxygens (including phenoxy) is 2. The number of nitrogens with zero attached hydrogens (tertiary/aromatic N) is 1. The average molecular weight is 407 g/mol. The largest absolute Gasteiger partial charge is 0.493 e. The van der Waals surface area contributed by atoms with Crippen molar-refractivity contribution in [2.75, 3.05) is 14.2 Å². The van der Waals surface area contributed by atoms with Gasteiger partial charge in [0.25, 0.3) is 5.91 Å². The maximum Gasteiger partial charge on any atom is 0.340 e. The highest BCUT2D eigenvalue weighted by atomic mass is 79.9. The molecule has 0 aliphatic carbocycles. The highest BCUT2D eigenvalue weighted by molar-refractivity contribution is 9.10. The number of amides is 1. The van der Waals surface area contributed by atoms with Crippen LogP contribution < -0.4 is 14.9 Å². The second-order valence-electron chi connectivity index (χ2n) is 4.78. The number of nitrogens with one attached hydrogen (secondary N) is 1. The minimum absolute atomic E-state index is 0.0817. The van der Waals surface area contributed by atoms with Crippen molar-refractivity contribution in [3.63, 3.8) is 0 Å². The number of benzene rings is 2. The quantitative estimate of drug-likeness (QED) is 0.567. The molecule has 0 atom stereocenters. The van der Waals surface area contributed by atoms with Gasteiger partial charge in [-0.1, -0.05) is 15.9 Å². The summed E-state index contributed by atoms with van der Waals surface area (Å²) in [7, 11) is 2.76. The molecule has 7 nitrogen and oxygen atoms in total. The van der Waals surface area contributed by atoms with Crippen molar-refractivity contribution in [3.8, 4) is 11.5 Å². The van der Waals surface area contributed by atoms with Gasteiger partial charge in [-0.25, -0.2) is 10.2 Å². The topological polar surface area (TPSA) is 97.2 Å². The fourth-order valence-corrected chi connectivity index (χ4v) is 2.36. The molecule has 0 radical (unpaired) electrons. The number of carbonyl (C=O) groups is 2. The molecular weight excluding hydrogens is 392 g/mol. The minimum atomic E-state index is -1.20. The van der Waals surface area contributed by atoms with E-state index in [1.807, 2.05) is 0 Å². The molecule has 0 saturated carbocycles. The van der Waals surface area contributed by atoms with Crippen LogP contribution in [0, 0.1) is 0 Å². The Bertz CT molecular complexity index is 819. The number of hydrogen-bond acceptors (Lipinski definition) is 5. The number of aromatic carboxylic acids is 1. The minimum Gasteiger partial charge on any atom is -0.493 e. The van der Waals surface area contributed by atoms with E-state index in [2.05, 4.69) is 26.5 Å². The Labute approximate surface area is 152 Å². The molecule has 2 N–H and O–H groups in total. The van der Waals surface area contributed by atoms with Crippen molar-refractivity contribution in [1.29, 1.82) is 0 Å². The predicted octanol–water partition coefficient (Wildman–Crippen LogP) is 2.93. The van der Waals surface area contributed by atoms with Gasteiger partial charge in [0.2, 0.25) is 0 Å². The van der Waals surface area contributed by atoms with E-state index in [0.29, 0.717) is 5.56 Å². The second kappa shape index (κ2) is 8.29. The highest BCUT2D eigenvalue weighted by Gasteiger charge is 2.20. The van der Waals surface area contributed by atoms with Gasteiger partial charge in [0, 0.05) is 15.6 Å². The molecule has 0 unspecified atom stereocenters. The zero-order chi connectivity index (χ0) is 18.4. The fraction of sp³-hybridized carbons (Fsp3) is 0.118. The summed E-state index contributed by atoms with van der Waals surface area (Å²) in [5, 5.41) is 13.2. The average Bonchev–Trinajstić information content (AvgIpc) is 2.61. The van der Waals surface area contributed by atoms with Gasteiger partial charge < -0.3 is 14.6 Å². The Kier molecular flexibility index (Phi) is 6.13. The van der Waals surface area contributed by atoms with Crippen LogP contribution in [0.2, 0.25) is 0 Å². The number of carboxylic acid groups (broad SMARTS) is 1. The van der Waals surface area contributed by atoms with E-state index in [4.69, 9.17) is 9.47 Å². The predicted molar refractivity (Wildman–Crippen MR) is 95.7 cm³/mol. The van der Waals surface area contributed by atoms with Gasteiger partial charge in [-0.05, 0) is 36.4 Å². The van der Waals surface area contributed by atoms with Crippen molar-refractivity contribution >= 4 is 34.0 Å². The summed E-state index contributed by atoms with van der Waals surface area (Å²) in [6.07, 6.45) is 1.24. The molecule has 0 saturated heterocycles. The molecule has 25 heavy (non-hydrogen) atoms. The third-order valence-electron chi connectivity index (χ3n) is 3.27. The summed E-state index contributed by atoms with van der Waals surface area (Å²) in [4.78, 5) is 23.5. The Morgan fingerprint density at radius 3 is 2.36 bits per heavy atom. The van der Waals surface area contributed by atoms with E-state index in [-0.39, 0.29) is 22.6 Å². The van der Waals surface area contributed by atoms with E-state index in [9.17, 15) is 14.7 Å². The van der Waals surface area contributed by atoms with Gasteiger partial charge in [0.05, 0.1) is 20.4 Å². The van der Waals surface area contributed by atoms with Gasteiger partial charge >= 0.3 is 5.97 Å². The lowest BCUT2D eigenvalue weighted by atomic mass is 10.1. The van der Waals surface area contributed by atoms with Crippen molar-refractivity contribution in [1.82, 2.24) is 5.43 Å². The lowest BCUT2D eigenvalue weighted by Gasteiger charge is -2.12. The molecule has 0 bridgehead atoms. The molecule has 2 aromatic rings. The van der Waals surface area contributed by atoms with Gasteiger partial charge in [-0.15, -0.1) is 0 Å². The molecule has 2 aromatic carbocycles. The van der Waals surface area contributed by atoms with E-state index in [0.717, 1.165) is 4.47 Å². The third kappa shape index (κ3) is 4.36. The fourth-order valence-electron chi connectivity index (χ4n) is 2.10. The summed E-state index contributed by atoms with van der Waals surface area (Å²) in [5.74, 6) is -1.24. The number of methoxy groups -OCH3 is 2.